The zero-order valence-corrected chi connectivity index (χ0v) is 11.0. The second-order valence-corrected chi connectivity index (χ2v) is 4.83. The molecule has 6 nitrogen and oxygen atoms in total. The van der Waals surface area contributed by atoms with Gasteiger partial charge in [0.15, 0.2) is 0 Å². The van der Waals surface area contributed by atoms with Crippen LogP contribution in [0.5, 0.6) is 0 Å². The third kappa shape index (κ3) is 5.93. The molecule has 4 N–H and O–H groups in total. The molecule has 0 aliphatic carbocycles. The lowest BCUT2D eigenvalue weighted by Gasteiger charge is -2.19. The van der Waals surface area contributed by atoms with Gasteiger partial charge in [0, 0.05) is 31.0 Å². The Labute approximate surface area is 107 Å². The average Bonchev–Trinajstić information content (AvgIpc) is 2.22. The van der Waals surface area contributed by atoms with Gasteiger partial charge in [-0.3, -0.25) is 0 Å². The molecule has 0 saturated carbocycles. The fourth-order valence-electron chi connectivity index (χ4n) is 1.21. The summed E-state index contributed by atoms with van der Waals surface area (Å²) in [5.41, 5.74) is 5.78. The molecule has 0 atom stereocenters. The molecule has 6 heteroatoms. The lowest BCUT2D eigenvalue weighted by molar-refractivity contribution is 0.0530. The SMILES string of the molecule is CC(C)(C)OC(=O)NCCNc1cc(N)ccn1. The number of carbonyl (C=O) groups excluding carboxylic acids is 1. The maximum Gasteiger partial charge on any atom is 0.407 e. The van der Waals surface area contributed by atoms with E-state index in [-0.39, 0.29) is 0 Å². The van der Waals surface area contributed by atoms with Crippen molar-refractivity contribution in [3.8, 4) is 0 Å². The fraction of sp³-hybridized carbons (Fsp3) is 0.500. The van der Waals surface area contributed by atoms with Gasteiger partial charge in [0.1, 0.15) is 11.4 Å². The van der Waals surface area contributed by atoms with E-state index < -0.39 is 11.7 Å². The summed E-state index contributed by atoms with van der Waals surface area (Å²) in [4.78, 5) is 15.4. The van der Waals surface area contributed by atoms with Crippen LogP contribution in [0.25, 0.3) is 0 Å². The standard InChI is InChI=1S/C12H20N4O2/c1-12(2,3)18-11(17)16-7-6-15-10-8-9(13)4-5-14-10/h4-5,8H,6-7H2,1-3H3,(H,16,17)(H3,13,14,15). The summed E-state index contributed by atoms with van der Waals surface area (Å²) >= 11 is 0. The average molecular weight is 252 g/mol. The number of nitrogens with zero attached hydrogens (tertiary/aromatic N) is 1. The van der Waals surface area contributed by atoms with Crippen LogP contribution in [0.3, 0.4) is 0 Å². The zero-order valence-electron chi connectivity index (χ0n) is 11.0. The minimum Gasteiger partial charge on any atom is -0.444 e. The summed E-state index contributed by atoms with van der Waals surface area (Å²) in [6.07, 6.45) is 1.20. The van der Waals surface area contributed by atoms with Crippen LogP contribution in [0.15, 0.2) is 18.3 Å². The van der Waals surface area contributed by atoms with Crippen LogP contribution < -0.4 is 16.4 Å². The predicted molar refractivity (Wildman–Crippen MR) is 71.4 cm³/mol. The first-order valence-electron chi connectivity index (χ1n) is 5.79. The molecule has 0 saturated heterocycles. The number of nitrogen functional groups attached to an aromatic ring is 1. The van der Waals surface area contributed by atoms with E-state index in [0.717, 1.165) is 0 Å². The van der Waals surface area contributed by atoms with E-state index in [4.69, 9.17) is 10.5 Å². The Morgan fingerprint density at radius 3 is 2.78 bits per heavy atom. The highest BCUT2D eigenvalue weighted by Crippen LogP contribution is 2.07. The van der Waals surface area contributed by atoms with E-state index in [1.54, 1.807) is 18.3 Å². The minimum atomic E-state index is -0.479. The Balaban J connectivity index is 2.21. The molecule has 100 valence electrons. The fourth-order valence-corrected chi connectivity index (χ4v) is 1.21. The monoisotopic (exact) mass is 252 g/mol. The third-order valence-corrected chi connectivity index (χ3v) is 1.88. The van der Waals surface area contributed by atoms with Crippen molar-refractivity contribution in [3.63, 3.8) is 0 Å². The molecule has 0 radical (unpaired) electrons. The molecule has 1 aromatic rings. The quantitative estimate of drug-likeness (QED) is 0.708. The van der Waals surface area contributed by atoms with Gasteiger partial charge in [0.2, 0.25) is 0 Å². The van der Waals surface area contributed by atoms with Gasteiger partial charge in [-0.15, -0.1) is 0 Å². The Hall–Kier alpha value is -1.98. The van der Waals surface area contributed by atoms with Crippen LogP contribution in [0.1, 0.15) is 20.8 Å². The number of pyridine rings is 1. The first-order valence-corrected chi connectivity index (χ1v) is 5.79. The molecule has 0 unspecified atom stereocenters. The van der Waals surface area contributed by atoms with Gasteiger partial charge in [-0.2, -0.15) is 0 Å². The lowest BCUT2D eigenvalue weighted by atomic mass is 10.2. The van der Waals surface area contributed by atoms with E-state index in [1.807, 2.05) is 20.8 Å². The van der Waals surface area contributed by atoms with Crippen molar-refractivity contribution in [3.05, 3.63) is 18.3 Å². The van der Waals surface area contributed by atoms with Crippen LogP contribution >= 0.6 is 0 Å². The van der Waals surface area contributed by atoms with E-state index in [1.165, 1.54) is 0 Å². The van der Waals surface area contributed by atoms with Gasteiger partial charge in [0.25, 0.3) is 0 Å². The number of ether oxygens (including phenoxy) is 1. The van der Waals surface area contributed by atoms with Crippen LogP contribution in [-0.2, 0) is 4.74 Å². The molecule has 0 bridgehead atoms. The summed E-state index contributed by atoms with van der Waals surface area (Å²) in [7, 11) is 0. The highest BCUT2D eigenvalue weighted by Gasteiger charge is 2.15. The number of hydrogen-bond donors (Lipinski definition) is 3. The Morgan fingerprint density at radius 2 is 2.17 bits per heavy atom. The van der Waals surface area contributed by atoms with Gasteiger partial charge in [0.05, 0.1) is 0 Å². The number of carbonyl (C=O) groups is 1. The number of nitrogens with two attached hydrogens (primary N) is 1. The molecule has 18 heavy (non-hydrogen) atoms. The normalized spacial score (nSPS) is 10.8. The largest absolute Gasteiger partial charge is 0.444 e. The molecule has 1 amide bonds. The van der Waals surface area contributed by atoms with E-state index >= 15 is 0 Å². The first kappa shape index (κ1) is 14.1. The number of amides is 1. The summed E-state index contributed by atoms with van der Waals surface area (Å²) in [6, 6.07) is 3.44. The van der Waals surface area contributed by atoms with Gasteiger partial charge in [-0.25, -0.2) is 9.78 Å². The maximum atomic E-state index is 11.3. The predicted octanol–water partition coefficient (Wildman–Crippen LogP) is 1.60. The summed E-state index contributed by atoms with van der Waals surface area (Å²) in [5, 5.41) is 5.68. The lowest BCUT2D eigenvalue weighted by Crippen LogP contribution is -2.35. The van der Waals surface area contributed by atoms with Gasteiger partial charge in [-0.1, -0.05) is 0 Å². The molecule has 0 aliphatic rings. The molecular formula is C12H20N4O2. The second-order valence-electron chi connectivity index (χ2n) is 4.83. The highest BCUT2D eigenvalue weighted by molar-refractivity contribution is 5.67. The number of hydrogen-bond acceptors (Lipinski definition) is 5. The maximum absolute atomic E-state index is 11.3. The smallest absolute Gasteiger partial charge is 0.407 e. The molecule has 0 aliphatic heterocycles. The number of aromatic nitrogens is 1. The van der Waals surface area contributed by atoms with Gasteiger partial charge < -0.3 is 21.1 Å². The van der Waals surface area contributed by atoms with Crippen molar-refractivity contribution in [2.45, 2.75) is 26.4 Å². The van der Waals surface area contributed by atoms with Crippen molar-refractivity contribution in [1.82, 2.24) is 10.3 Å². The number of alkyl carbamates (subject to hydrolysis) is 1. The Morgan fingerprint density at radius 1 is 1.44 bits per heavy atom. The number of nitrogens with one attached hydrogen (secondary N) is 2. The van der Waals surface area contributed by atoms with Crippen molar-refractivity contribution < 1.29 is 9.53 Å². The van der Waals surface area contributed by atoms with E-state index in [0.29, 0.717) is 24.6 Å². The second kappa shape index (κ2) is 6.09. The van der Waals surface area contributed by atoms with Crippen LogP contribution in [0.4, 0.5) is 16.3 Å². The molecule has 0 spiro atoms. The summed E-state index contributed by atoms with van der Waals surface area (Å²) in [5.74, 6) is 0.681. The van der Waals surface area contributed by atoms with Crippen molar-refractivity contribution in [2.24, 2.45) is 0 Å². The third-order valence-electron chi connectivity index (χ3n) is 1.88. The molecule has 1 rings (SSSR count). The first-order chi connectivity index (χ1) is 8.37. The molecule has 0 aromatic carbocycles. The van der Waals surface area contributed by atoms with Crippen molar-refractivity contribution in [1.29, 1.82) is 0 Å². The summed E-state index contributed by atoms with van der Waals surface area (Å²) < 4.78 is 5.10. The molecule has 1 aromatic heterocycles. The number of rotatable bonds is 4. The van der Waals surface area contributed by atoms with Crippen LogP contribution in [0, 0.1) is 0 Å². The van der Waals surface area contributed by atoms with Crippen molar-refractivity contribution in [2.75, 3.05) is 24.1 Å². The van der Waals surface area contributed by atoms with Crippen LogP contribution in [0.2, 0.25) is 0 Å². The molecule has 1 heterocycles. The van der Waals surface area contributed by atoms with Gasteiger partial charge >= 0.3 is 6.09 Å². The van der Waals surface area contributed by atoms with E-state index in [9.17, 15) is 4.79 Å². The molecular weight excluding hydrogens is 232 g/mol. The van der Waals surface area contributed by atoms with Crippen molar-refractivity contribution >= 4 is 17.6 Å². The van der Waals surface area contributed by atoms with Gasteiger partial charge in [-0.05, 0) is 26.8 Å². The van der Waals surface area contributed by atoms with E-state index in [2.05, 4.69) is 15.6 Å². The highest BCUT2D eigenvalue weighted by atomic mass is 16.6. The topological polar surface area (TPSA) is 89.3 Å². The minimum absolute atomic E-state index is 0.426. The zero-order chi connectivity index (χ0) is 13.6. The summed E-state index contributed by atoms with van der Waals surface area (Å²) in [6.45, 7) is 6.46. The molecule has 0 fully saturated rings. The Kier molecular flexibility index (Phi) is 4.76. The Bertz CT molecular complexity index is 401. The van der Waals surface area contributed by atoms with Crippen LogP contribution in [-0.4, -0.2) is 29.8 Å². The number of anilines is 2.